The van der Waals surface area contributed by atoms with Crippen molar-refractivity contribution >= 4 is 24.4 Å². The van der Waals surface area contributed by atoms with E-state index in [1.807, 2.05) is 13.8 Å². The molecule has 0 saturated heterocycles. The summed E-state index contributed by atoms with van der Waals surface area (Å²) in [5.41, 5.74) is 6.32. The van der Waals surface area contributed by atoms with Crippen molar-refractivity contribution in [1.82, 2.24) is 0 Å². The normalized spacial score (nSPS) is 14.4. The van der Waals surface area contributed by atoms with Gasteiger partial charge < -0.3 is 39.3 Å². The summed E-state index contributed by atoms with van der Waals surface area (Å²) in [6.07, 6.45) is -3.73. The van der Waals surface area contributed by atoms with Crippen molar-refractivity contribution < 1.29 is 52.7 Å². The SMILES string of the molecule is CCC(C)OC(=O)Oc1ccc(C(CC(C)OC(=O)Oc2ccccc2)[C@H](N)C(=O)O)cc1OC(=O)OC(C)CC. The van der Waals surface area contributed by atoms with Gasteiger partial charge in [-0.15, -0.1) is 0 Å². The monoisotopic (exact) mass is 575 g/mol. The Morgan fingerprint density at radius 2 is 1.24 bits per heavy atom. The van der Waals surface area contributed by atoms with E-state index in [4.69, 9.17) is 34.2 Å². The molecule has 0 amide bonds. The Morgan fingerprint density at radius 3 is 1.78 bits per heavy atom. The molecule has 5 atom stereocenters. The number of para-hydroxylation sites is 1. The first-order valence-electron chi connectivity index (χ1n) is 13.3. The average molecular weight is 576 g/mol. The molecule has 41 heavy (non-hydrogen) atoms. The fourth-order valence-corrected chi connectivity index (χ4v) is 3.48. The molecule has 2 rings (SSSR count). The molecule has 12 nitrogen and oxygen atoms in total. The van der Waals surface area contributed by atoms with Gasteiger partial charge >= 0.3 is 24.4 Å². The molecule has 0 aliphatic carbocycles. The van der Waals surface area contributed by atoms with Crippen LogP contribution in [0.1, 0.15) is 65.4 Å². The summed E-state index contributed by atoms with van der Waals surface area (Å²) in [4.78, 5) is 48.8. The lowest BCUT2D eigenvalue weighted by Crippen LogP contribution is -2.38. The summed E-state index contributed by atoms with van der Waals surface area (Å²) in [5, 5.41) is 9.68. The molecule has 2 aromatic carbocycles. The van der Waals surface area contributed by atoms with E-state index in [1.54, 1.807) is 51.1 Å². The van der Waals surface area contributed by atoms with Gasteiger partial charge in [-0.1, -0.05) is 38.1 Å². The number of carbonyl (C=O) groups is 4. The lowest BCUT2D eigenvalue weighted by Gasteiger charge is -2.25. The van der Waals surface area contributed by atoms with Crippen LogP contribution in [0.4, 0.5) is 14.4 Å². The van der Waals surface area contributed by atoms with Crippen LogP contribution in [0.3, 0.4) is 0 Å². The predicted octanol–water partition coefficient (Wildman–Crippen LogP) is 5.80. The highest BCUT2D eigenvalue weighted by Crippen LogP contribution is 2.35. The summed E-state index contributed by atoms with van der Waals surface area (Å²) in [7, 11) is 0. The Hall–Kier alpha value is -4.32. The van der Waals surface area contributed by atoms with Gasteiger partial charge in [0, 0.05) is 5.92 Å². The third-order valence-corrected chi connectivity index (χ3v) is 6.07. The van der Waals surface area contributed by atoms with E-state index in [9.17, 15) is 24.3 Å². The molecule has 0 spiro atoms. The lowest BCUT2D eigenvalue weighted by molar-refractivity contribution is -0.139. The number of nitrogens with two attached hydrogens (primary N) is 1. The topological polar surface area (TPSA) is 170 Å². The molecule has 0 bridgehead atoms. The number of hydrogen-bond acceptors (Lipinski definition) is 11. The molecule has 0 aromatic heterocycles. The number of hydrogen-bond donors (Lipinski definition) is 2. The Morgan fingerprint density at radius 1 is 0.732 bits per heavy atom. The van der Waals surface area contributed by atoms with Crippen molar-refractivity contribution in [2.24, 2.45) is 5.73 Å². The van der Waals surface area contributed by atoms with Crippen LogP contribution in [-0.4, -0.2) is 53.9 Å². The van der Waals surface area contributed by atoms with Gasteiger partial charge in [0.1, 0.15) is 30.1 Å². The second kappa shape index (κ2) is 16.1. The molecule has 0 aliphatic rings. The smallest absolute Gasteiger partial charge is 0.480 e. The number of rotatable bonds is 13. The van der Waals surface area contributed by atoms with E-state index in [1.165, 1.54) is 18.2 Å². The van der Waals surface area contributed by atoms with Crippen LogP contribution >= 0.6 is 0 Å². The minimum atomic E-state index is -1.44. The van der Waals surface area contributed by atoms with Gasteiger partial charge in [0.2, 0.25) is 0 Å². The van der Waals surface area contributed by atoms with Gasteiger partial charge in [-0.05, 0) is 69.9 Å². The van der Waals surface area contributed by atoms with Crippen molar-refractivity contribution in [1.29, 1.82) is 0 Å². The van der Waals surface area contributed by atoms with E-state index in [0.717, 1.165) is 0 Å². The highest BCUT2D eigenvalue weighted by atomic mass is 16.8. The summed E-state index contributed by atoms with van der Waals surface area (Å²) >= 11 is 0. The third-order valence-electron chi connectivity index (χ3n) is 6.07. The summed E-state index contributed by atoms with van der Waals surface area (Å²) in [6.45, 7) is 8.54. The molecule has 3 N–H and O–H groups in total. The Bertz CT molecular complexity index is 1170. The van der Waals surface area contributed by atoms with Crippen LogP contribution in [0.15, 0.2) is 48.5 Å². The van der Waals surface area contributed by atoms with E-state index in [2.05, 4.69) is 0 Å². The van der Waals surface area contributed by atoms with Crippen LogP contribution in [0.25, 0.3) is 0 Å². The Labute approximate surface area is 238 Å². The van der Waals surface area contributed by atoms with Crippen LogP contribution in [0.2, 0.25) is 0 Å². The number of carboxylic acids is 1. The Kier molecular flexibility index (Phi) is 12.9. The van der Waals surface area contributed by atoms with Crippen LogP contribution in [-0.2, 0) is 19.0 Å². The quantitative estimate of drug-likeness (QED) is 0.167. The highest BCUT2D eigenvalue weighted by Gasteiger charge is 2.31. The zero-order valence-corrected chi connectivity index (χ0v) is 23.7. The van der Waals surface area contributed by atoms with Gasteiger partial charge in [0.25, 0.3) is 0 Å². The first-order valence-corrected chi connectivity index (χ1v) is 13.3. The van der Waals surface area contributed by atoms with Crippen molar-refractivity contribution in [3.05, 3.63) is 54.1 Å². The molecule has 0 radical (unpaired) electrons. The molecule has 12 heteroatoms. The molecule has 0 heterocycles. The fourth-order valence-electron chi connectivity index (χ4n) is 3.48. The predicted molar refractivity (Wildman–Crippen MR) is 146 cm³/mol. The molecular formula is C29H37NO11. The van der Waals surface area contributed by atoms with Gasteiger partial charge in [0.15, 0.2) is 11.5 Å². The molecule has 0 saturated carbocycles. The van der Waals surface area contributed by atoms with Crippen LogP contribution < -0.4 is 19.9 Å². The standard InChI is InChI=1S/C29H37NO11/c1-6-17(3)36-28(34)40-23-14-13-20(16-24(23)41-29(35)37-18(4)7-2)22(25(30)26(31)32)15-19(5)38-27(33)39-21-11-9-8-10-12-21/h8-14,16-19,22,25H,6-7,15,30H2,1-5H3,(H,31,32)/t17?,18?,19?,22?,25-/m0/s1. The van der Waals surface area contributed by atoms with Crippen molar-refractivity contribution in [3.8, 4) is 17.2 Å². The second-order valence-corrected chi connectivity index (χ2v) is 9.38. The number of carbonyl (C=O) groups excluding carboxylic acids is 3. The number of aliphatic carboxylic acids is 1. The van der Waals surface area contributed by atoms with Crippen LogP contribution in [0.5, 0.6) is 17.2 Å². The second-order valence-electron chi connectivity index (χ2n) is 9.38. The molecule has 4 unspecified atom stereocenters. The van der Waals surface area contributed by atoms with Crippen molar-refractivity contribution in [2.45, 2.75) is 84.2 Å². The van der Waals surface area contributed by atoms with E-state index in [-0.39, 0.29) is 23.7 Å². The zero-order valence-electron chi connectivity index (χ0n) is 23.7. The molecule has 0 aliphatic heterocycles. The minimum Gasteiger partial charge on any atom is -0.480 e. The first kappa shape index (κ1) is 32.9. The molecular weight excluding hydrogens is 538 g/mol. The third kappa shape index (κ3) is 11.0. The van der Waals surface area contributed by atoms with Gasteiger partial charge in [0.05, 0.1) is 0 Å². The highest BCUT2D eigenvalue weighted by molar-refractivity contribution is 5.75. The fraction of sp³-hybridized carbons (Fsp3) is 0.448. The maximum Gasteiger partial charge on any atom is 0.514 e. The summed E-state index contributed by atoms with van der Waals surface area (Å²) < 4.78 is 31.3. The maximum atomic E-state index is 12.4. The van der Waals surface area contributed by atoms with Gasteiger partial charge in [-0.2, -0.15) is 0 Å². The number of benzene rings is 2. The lowest BCUT2D eigenvalue weighted by atomic mass is 9.87. The molecule has 2 aromatic rings. The average Bonchev–Trinajstić information content (AvgIpc) is 2.92. The zero-order chi connectivity index (χ0) is 30.5. The minimum absolute atomic E-state index is 0.0373. The van der Waals surface area contributed by atoms with Crippen molar-refractivity contribution in [3.63, 3.8) is 0 Å². The van der Waals surface area contributed by atoms with Crippen LogP contribution in [0, 0.1) is 0 Å². The largest absolute Gasteiger partial charge is 0.514 e. The van der Waals surface area contributed by atoms with Crippen molar-refractivity contribution in [2.75, 3.05) is 0 Å². The Balaban J connectivity index is 2.32. The van der Waals surface area contributed by atoms with E-state index < -0.39 is 54.7 Å². The number of ether oxygens (including phenoxy) is 6. The van der Waals surface area contributed by atoms with Gasteiger partial charge in [-0.25, -0.2) is 14.4 Å². The molecule has 0 fully saturated rings. The summed E-state index contributed by atoms with van der Waals surface area (Å²) in [6, 6.07) is 10.9. The number of carboxylic acid groups (broad SMARTS) is 1. The maximum absolute atomic E-state index is 12.4. The summed E-state index contributed by atoms with van der Waals surface area (Å²) in [5.74, 6) is -2.36. The first-order chi connectivity index (χ1) is 19.4. The molecule has 224 valence electrons. The van der Waals surface area contributed by atoms with Gasteiger partial charge in [-0.3, -0.25) is 4.79 Å². The van der Waals surface area contributed by atoms with E-state index >= 15 is 0 Å². The van der Waals surface area contributed by atoms with E-state index in [0.29, 0.717) is 18.4 Å².